The highest BCUT2D eigenvalue weighted by atomic mass is 127. The molecule has 0 atom stereocenters. The lowest BCUT2D eigenvalue weighted by Gasteiger charge is -2.19. The zero-order valence-corrected chi connectivity index (χ0v) is 15.3. The van der Waals surface area contributed by atoms with Crippen LogP contribution in [0.1, 0.15) is 49.0 Å². The summed E-state index contributed by atoms with van der Waals surface area (Å²) in [5.41, 5.74) is 4.39. The standard InChI is InChI=1S/C17H21IN2O/c1-10-6-7-12(8-11(10)2)9-13-19-15(17(3,4)5)14(18)16(21)20-13/h6-8H,9H2,1-5H3,(H,19,20,21). The van der Waals surface area contributed by atoms with Crippen LogP contribution in [0.4, 0.5) is 0 Å². The van der Waals surface area contributed by atoms with Crippen molar-refractivity contribution in [2.24, 2.45) is 0 Å². The minimum absolute atomic E-state index is 0.0469. The van der Waals surface area contributed by atoms with Crippen molar-refractivity contribution >= 4 is 22.6 Å². The van der Waals surface area contributed by atoms with Crippen LogP contribution in [0.2, 0.25) is 0 Å². The molecule has 0 amide bonds. The van der Waals surface area contributed by atoms with Crippen molar-refractivity contribution in [1.82, 2.24) is 9.97 Å². The summed E-state index contributed by atoms with van der Waals surface area (Å²) in [5.74, 6) is 0.730. The molecule has 1 N–H and O–H groups in total. The summed E-state index contributed by atoms with van der Waals surface area (Å²) in [6.07, 6.45) is 0.649. The van der Waals surface area contributed by atoms with Gasteiger partial charge in [0.15, 0.2) is 0 Å². The number of nitrogens with zero attached hydrogens (tertiary/aromatic N) is 1. The van der Waals surface area contributed by atoms with Crippen molar-refractivity contribution in [1.29, 1.82) is 0 Å². The molecule has 4 heteroatoms. The van der Waals surface area contributed by atoms with Gasteiger partial charge < -0.3 is 4.98 Å². The second-order valence-corrected chi connectivity index (χ2v) is 7.60. The predicted octanol–water partition coefficient (Wildman–Crippen LogP) is 3.88. The summed E-state index contributed by atoms with van der Waals surface area (Å²) in [7, 11) is 0. The van der Waals surface area contributed by atoms with E-state index in [0.29, 0.717) is 9.99 Å². The van der Waals surface area contributed by atoms with E-state index in [4.69, 9.17) is 0 Å². The fraction of sp³-hybridized carbons (Fsp3) is 0.412. The van der Waals surface area contributed by atoms with Crippen LogP contribution in [0.5, 0.6) is 0 Å². The number of aromatic amines is 1. The number of halogens is 1. The van der Waals surface area contributed by atoms with Crippen LogP contribution in [0.25, 0.3) is 0 Å². The highest BCUT2D eigenvalue weighted by Gasteiger charge is 2.21. The summed E-state index contributed by atoms with van der Waals surface area (Å²) >= 11 is 2.08. The Morgan fingerprint density at radius 2 is 1.86 bits per heavy atom. The Balaban J connectivity index is 2.43. The molecule has 0 fully saturated rings. The first kappa shape index (κ1) is 16.2. The molecule has 0 saturated heterocycles. The van der Waals surface area contributed by atoms with Crippen molar-refractivity contribution in [3.05, 3.63) is 60.3 Å². The fourth-order valence-electron chi connectivity index (χ4n) is 2.19. The highest BCUT2D eigenvalue weighted by Crippen LogP contribution is 2.23. The lowest BCUT2D eigenvalue weighted by Crippen LogP contribution is -2.25. The number of hydrogen-bond acceptors (Lipinski definition) is 2. The Morgan fingerprint density at radius 1 is 1.19 bits per heavy atom. The number of hydrogen-bond donors (Lipinski definition) is 1. The van der Waals surface area contributed by atoms with Crippen LogP contribution in [0.3, 0.4) is 0 Å². The van der Waals surface area contributed by atoms with Crippen molar-refractivity contribution in [3.8, 4) is 0 Å². The Labute approximate surface area is 139 Å². The van der Waals surface area contributed by atoms with Crippen molar-refractivity contribution < 1.29 is 0 Å². The second-order valence-electron chi connectivity index (χ2n) is 6.52. The zero-order valence-electron chi connectivity index (χ0n) is 13.2. The van der Waals surface area contributed by atoms with Crippen LogP contribution < -0.4 is 5.56 Å². The first-order valence-electron chi connectivity index (χ1n) is 7.04. The molecule has 3 nitrogen and oxygen atoms in total. The van der Waals surface area contributed by atoms with Gasteiger partial charge in [-0.1, -0.05) is 39.0 Å². The summed E-state index contributed by atoms with van der Waals surface area (Å²) in [5, 5.41) is 0. The number of nitrogens with one attached hydrogen (secondary N) is 1. The van der Waals surface area contributed by atoms with Crippen LogP contribution in [-0.4, -0.2) is 9.97 Å². The molecule has 0 aliphatic heterocycles. The first-order chi connectivity index (χ1) is 9.68. The Hall–Kier alpha value is -1.17. The van der Waals surface area contributed by atoms with Gasteiger partial charge in [-0.05, 0) is 53.1 Å². The molecule has 1 aromatic heterocycles. The molecule has 0 aliphatic rings. The van der Waals surface area contributed by atoms with Gasteiger partial charge in [0.1, 0.15) is 9.39 Å². The smallest absolute Gasteiger partial charge is 0.264 e. The van der Waals surface area contributed by atoms with E-state index in [-0.39, 0.29) is 11.0 Å². The van der Waals surface area contributed by atoms with Crippen molar-refractivity contribution in [3.63, 3.8) is 0 Å². The van der Waals surface area contributed by atoms with E-state index in [1.807, 2.05) is 0 Å². The van der Waals surface area contributed by atoms with Gasteiger partial charge >= 0.3 is 0 Å². The fourth-order valence-corrected chi connectivity index (χ4v) is 3.26. The van der Waals surface area contributed by atoms with E-state index >= 15 is 0 Å². The third-order valence-electron chi connectivity index (χ3n) is 3.57. The molecule has 112 valence electrons. The molecule has 2 aromatic rings. The number of rotatable bonds is 2. The van der Waals surface area contributed by atoms with Gasteiger partial charge in [-0.3, -0.25) is 4.79 Å². The van der Waals surface area contributed by atoms with E-state index in [2.05, 4.69) is 85.4 Å². The third-order valence-corrected chi connectivity index (χ3v) is 4.57. The molecule has 2 rings (SSSR count). The van der Waals surface area contributed by atoms with Gasteiger partial charge in [-0.25, -0.2) is 4.98 Å². The molecule has 1 aromatic carbocycles. The van der Waals surface area contributed by atoms with Gasteiger partial charge in [0.25, 0.3) is 5.56 Å². The molecule has 0 aliphatic carbocycles. The van der Waals surface area contributed by atoms with Gasteiger partial charge in [0, 0.05) is 11.8 Å². The largest absolute Gasteiger partial charge is 0.309 e. The maximum atomic E-state index is 12.1. The van der Waals surface area contributed by atoms with Crippen LogP contribution in [0.15, 0.2) is 23.0 Å². The van der Waals surface area contributed by atoms with E-state index in [0.717, 1.165) is 11.5 Å². The quantitative estimate of drug-likeness (QED) is 0.784. The molecule has 1 heterocycles. The Morgan fingerprint density at radius 3 is 2.43 bits per heavy atom. The average Bonchev–Trinajstić information content (AvgIpc) is 2.36. The van der Waals surface area contributed by atoms with Crippen molar-refractivity contribution in [2.75, 3.05) is 0 Å². The SMILES string of the molecule is Cc1ccc(Cc2nc(C(C)(C)C)c(I)c(=O)[nH]2)cc1C. The van der Waals surface area contributed by atoms with E-state index in [1.54, 1.807) is 0 Å². The monoisotopic (exact) mass is 396 g/mol. The summed E-state index contributed by atoms with van der Waals surface area (Å²) in [6, 6.07) is 6.36. The molecule has 0 radical (unpaired) electrons. The van der Waals surface area contributed by atoms with E-state index in [9.17, 15) is 4.79 Å². The minimum Gasteiger partial charge on any atom is -0.309 e. The second kappa shape index (κ2) is 5.91. The maximum Gasteiger partial charge on any atom is 0.264 e. The Bertz CT molecular complexity index is 727. The van der Waals surface area contributed by atoms with Gasteiger partial charge in [0.05, 0.1) is 5.69 Å². The highest BCUT2D eigenvalue weighted by molar-refractivity contribution is 14.1. The number of aryl methyl sites for hydroxylation is 2. The van der Waals surface area contributed by atoms with E-state index in [1.165, 1.54) is 16.7 Å². The lowest BCUT2D eigenvalue weighted by molar-refractivity contribution is 0.556. The molecular weight excluding hydrogens is 375 g/mol. The molecule has 0 saturated carbocycles. The third kappa shape index (κ3) is 3.73. The first-order valence-corrected chi connectivity index (χ1v) is 8.11. The average molecular weight is 396 g/mol. The minimum atomic E-state index is -0.136. The predicted molar refractivity (Wildman–Crippen MR) is 95.0 cm³/mol. The molecule has 0 bridgehead atoms. The molecule has 0 unspecified atom stereocenters. The molecule has 21 heavy (non-hydrogen) atoms. The van der Waals surface area contributed by atoms with Gasteiger partial charge in [0.2, 0.25) is 0 Å². The van der Waals surface area contributed by atoms with E-state index < -0.39 is 0 Å². The summed E-state index contributed by atoms with van der Waals surface area (Å²) in [6.45, 7) is 10.4. The van der Waals surface area contributed by atoms with Crippen molar-refractivity contribution in [2.45, 2.75) is 46.5 Å². The maximum absolute atomic E-state index is 12.1. The number of H-pyrrole nitrogens is 1. The van der Waals surface area contributed by atoms with Crippen LogP contribution in [-0.2, 0) is 11.8 Å². The van der Waals surface area contributed by atoms with Gasteiger partial charge in [-0.15, -0.1) is 0 Å². The Kier molecular flexibility index (Phi) is 4.56. The number of benzene rings is 1. The summed E-state index contributed by atoms with van der Waals surface area (Å²) in [4.78, 5) is 19.7. The topological polar surface area (TPSA) is 45.8 Å². The lowest BCUT2D eigenvalue weighted by atomic mass is 9.92. The summed E-state index contributed by atoms with van der Waals surface area (Å²) < 4.78 is 0.684. The number of aromatic nitrogens is 2. The van der Waals surface area contributed by atoms with Crippen LogP contribution >= 0.6 is 22.6 Å². The van der Waals surface area contributed by atoms with Gasteiger partial charge in [-0.2, -0.15) is 0 Å². The molecule has 0 spiro atoms. The van der Waals surface area contributed by atoms with Crippen LogP contribution in [0, 0.1) is 17.4 Å². The normalized spacial score (nSPS) is 11.7. The molecular formula is C17H21IN2O. The zero-order chi connectivity index (χ0) is 15.8.